The van der Waals surface area contributed by atoms with E-state index in [-0.39, 0.29) is 17.9 Å². The van der Waals surface area contributed by atoms with Crippen molar-refractivity contribution in [1.82, 2.24) is 20.0 Å². The molecule has 2 aromatic rings. The number of aromatic amines is 1. The number of nitrogens with zero attached hydrogens (tertiary/aromatic N) is 3. The van der Waals surface area contributed by atoms with Crippen LogP contribution in [0.25, 0.3) is 0 Å². The largest absolute Gasteiger partial charge is 0.437 e. The summed E-state index contributed by atoms with van der Waals surface area (Å²) in [5.74, 6) is -0.605. The fourth-order valence-electron chi connectivity index (χ4n) is 1.67. The quantitative estimate of drug-likeness (QED) is 0.905. The summed E-state index contributed by atoms with van der Waals surface area (Å²) in [4.78, 5) is 11.8. The number of rotatable bonds is 3. The Hall–Kier alpha value is -2.32. The van der Waals surface area contributed by atoms with Crippen molar-refractivity contribution in [3.8, 4) is 0 Å². The molecule has 108 valence electrons. The van der Waals surface area contributed by atoms with Crippen molar-refractivity contribution >= 4 is 11.6 Å². The fraction of sp³-hybridized carbons (Fsp3) is 0.364. The minimum Gasteiger partial charge on any atom is -0.321 e. The Morgan fingerprint density at radius 1 is 1.45 bits per heavy atom. The monoisotopic (exact) mass is 287 g/mol. The van der Waals surface area contributed by atoms with Crippen LogP contribution in [-0.2, 0) is 17.5 Å². The maximum atomic E-state index is 12.7. The fourth-order valence-corrected chi connectivity index (χ4v) is 1.67. The van der Waals surface area contributed by atoms with Crippen molar-refractivity contribution in [2.75, 3.05) is 5.32 Å². The number of aromatic nitrogens is 4. The summed E-state index contributed by atoms with van der Waals surface area (Å²) in [6, 6.07) is 1.69. The van der Waals surface area contributed by atoms with Crippen LogP contribution in [0.1, 0.15) is 17.1 Å². The molecule has 0 aliphatic carbocycles. The van der Waals surface area contributed by atoms with E-state index >= 15 is 0 Å². The maximum absolute atomic E-state index is 12.7. The first-order valence-electron chi connectivity index (χ1n) is 5.69. The van der Waals surface area contributed by atoms with E-state index < -0.39 is 17.8 Å². The lowest BCUT2D eigenvalue weighted by Gasteiger charge is -2.09. The third-order valence-electron chi connectivity index (χ3n) is 2.70. The molecule has 2 aromatic heterocycles. The van der Waals surface area contributed by atoms with Gasteiger partial charge in [-0.3, -0.25) is 14.6 Å². The van der Waals surface area contributed by atoms with Crippen molar-refractivity contribution < 1.29 is 18.0 Å². The molecule has 0 saturated heterocycles. The van der Waals surface area contributed by atoms with Crippen LogP contribution in [0.4, 0.5) is 18.9 Å². The third-order valence-corrected chi connectivity index (χ3v) is 2.70. The molecule has 9 heteroatoms. The van der Waals surface area contributed by atoms with Gasteiger partial charge in [0.15, 0.2) is 5.69 Å². The highest BCUT2D eigenvalue weighted by molar-refractivity contribution is 5.91. The Balaban J connectivity index is 2.16. The van der Waals surface area contributed by atoms with Gasteiger partial charge in [-0.25, -0.2) is 0 Å². The van der Waals surface area contributed by atoms with E-state index in [1.54, 1.807) is 13.0 Å². The highest BCUT2D eigenvalue weighted by Crippen LogP contribution is 2.34. The Labute approximate surface area is 112 Å². The van der Waals surface area contributed by atoms with Crippen LogP contribution in [0.2, 0.25) is 0 Å². The van der Waals surface area contributed by atoms with Crippen LogP contribution >= 0.6 is 0 Å². The number of aryl methyl sites for hydroxylation is 2. The van der Waals surface area contributed by atoms with E-state index in [4.69, 9.17) is 0 Å². The second-order valence-electron chi connectivity index (χ2n) is 4.25. The average Bonchev–Trinajstić information content (AvgIpc) is 2.87. The van der Waals surface area contributed by atoms with Gasteiger partial charge in [-0.1, -0.05) is 0 Å². The molecule has 20 heavy (non-hydrogen) atoms. The molecular formula is C11H12F3N5O. The number of H-pyrrole nitrogens is 1. The summed E-state index contributed by atoms with van der Waals surface area (Å²) in [7, 11) is 0. The molecule has 0 aromatic carbocycles. The highest BCUT2D eigenvalue weighted by Gasteiger charge is 2.38. The van der Waals surface area contributed by atoms with Crippen LogP contribution in [0.5, 0.6) is 0 Å². The van der Waals surface area contributed by atoms with Crippen LogP contribution in [0, 0.1) is 13.8 Å². The topological polar surface area (TPSA) is 75.6 Å². The second-order valence-corrected chi connectivity index (χ2v) is 4.25. The molecule has 0 radical (unpaired) electrons. The number of carbonyl (C=O) groups is 1. The first kappa shape index (κ1) is 14.1. The zero-order valence-electron chi connectivity index (χ0n) is 10.7. The Morgan fingerprint density at radius 2 is 2.15 bits per heavy atom. The Morgan fingerprint density at radius 3 is 2.70 bits per heavy atom. The molecule has 0 atom stereocenters. The Bertz CT molecular complexity index is 628. The molecule has 1 amide bonds. The van der Waals surface area contributed by atoms with Gasteiger partial charge in [-0.15, -0.1) is 0 Å². The molecule has 0 saturated carbocycles. The third kappa shape index (κ3) is 2.81. The molecule has 6 nitrogen and oxygen atoms in total. The minimum absolute atomic E-state index is 0.142. The van der Waals surface area contributed by atoms with E-state index in [9.17, 15) is 18.0 Å². The number of alkyl halides is 3. The van der Waals surface area contributed by atoms with Gasteiger partial charge in [-0.2, -0.15) is 23.4 Å². The van der Waals surface area contributed by atoms with Crippen molar-refractivity contribution in [2.24, 2.45) is 0 Å². The van der Waals surface area contributed by atoms with E-state index in [0.717, 1.165) is 5.69 Å². The summed E-state index contributed by atoms with van der Waals surface area (Å²) >= 11 is 0. The molecule has 2 N–H and O–H groups in total. The molecule has 0 aliphatic heterocycles. The highest BCUT2D eigenvalue weighted by atomic mass is 19.4. The lowest BCUT2D eigenvalue weighted by atomic mass is 10.3. The number of hydrogen-bond acceptors (Lipinski definition) is 3. The summed E-state index contributed by atoms with van der Waals surface area (Å²) in [5.41, 5.74) is -0.615. The molecule has 2 heterocycles. The van der Waals surface area contributed by atoms with Crippen LogP contribution in [-0.4, -0.2) is 25.9 Å². The van der Waals surface area contributed by atoms with E-state index in [2.05, 4.69) is 20.6 Å². The maximum Gasteiger partial charge on any atom is 0.437 e. The van der Waals surface area contributed by atoms with Gasteiger partial charge in [0.05, 0.1) is 11.4 Å². The van der Waals surface area contributed by atoms with Gasteiger partial charge in [0.1, 0.15) is 6.54 Å². The first-order valence-corrected chi connectivity index (χ1v) is 5.69. The Kier molecular flexibility index (Phi) is 3.51. The number of hydrogen-bond donors (Lipinski definition) is 2. The zero-order chi connectivity index (χ0) is 14.9. The number of nitrogens with one attached hydrogen (secondary N) is 2. The predicted octanol–water partition coefficient (Wildman–Crippen LogP) is 1.88. The van der Waals surface area contributed by atoms with Gasteiger partial charge in [0.25, 0.3) is 0 Å². The smallest absolute Gasteiger partial charge is 0.321 e. The predicted molar refractivity (Wildman–Crippen MR) is 63.9 cm³/mol. The first-order chi connectivity index (χ1) is 9.29. The van der Waals surface area contributed by atoms with Crippen molar-refractivity contribution in [3.63, 3.8) is 0 Å². The van der Waals surface area contributed by atoms with Gasteiger partial charge in [0, 0.05) is 11.9 Å². The number of amides is 1. The van der Waals surface area contributed by atoms with Gasteiger partial charge in [0.2, 0.25) is 5.91 Å². The molecule has 2 rings (SSSR count). The summed E-state index contributed by atoms with van der Waals surface area (Å²) in [6.45, 7) is 2.97. The van der Waals surface area contributed by atoms with Crippen LogP contribution < -0.4 is 5.32 Å². The lowest BCUT2D eigenvalue weighted by molar-refractivity contribution is -0.140. The van der Waals surface area contributed by atoms with E-state index in [1.807, 2.05) is 0 Å². The van der Waals surface area contributed by atoms with Crippen LogP contribution in [0.15, 0.2) is 12.3 Å². The number of halogens is 3. The van der Waals surface area contributed by atoms with Gasteiger partial charge in [-0.05, 0) is 19.9 Å². The van der Waals surface area contributed by atoms with Crippen LogP contribution in [0.3, 0.4) is 0 Å². The van der Waals surface area contributed by atoms with Crippen molar-refractivity contribution in [3.05, 3.63) is 29.3 Å². The normalized spacial score (nSPS) is 11.7. The molecule has 0 fully saturated rings. The van der Waals surface area contributed by atoms with Crippen molar-refractivity contribution in [1.29, 1.82) is 0 Å². The van der Waals surface area contributed by atoms with Gasteiger partial charge >= 0.3 is 6.18 Å². The van der Waals surface area contributed by atoms with Gasteiger partial charge < -0.3 is 5.32 Å². The van der Waals surface area contributed by atoms with E-state index in [1.165, 1.54) is 17.8 Å². The molecule has 0 spiro atoms. The summed E-state index contributed by atoms with van der Waals surface area (Å²) < 4.78 is 39.5. The number of carbonyl (C=O) groups excluding carboxylic acids is 1. The lowest BCUT2D eigenvalue weighted by Crippen LogP contribution is -2.22. The molecule has 0 bridgehead atoms. The molecule has 0 unspecified atom stereocenters. The minimum atomic E-state index is -4.63. The average molecular weight is 287 g/mol. The SMILES string of the molecule is Cc1[nH]nc(C(F)(F)F)c1NC(=O)Cn1nccc1C. The summed E-state index contributed by atoms with van der Waals surface area (Å²) in [5, 5.41) is 11.5. The van der Waals surface area contributed by atoms with E-state index in [0.29, 0.717) is 0 Å². The summed E-state index contributed by atoms with van der Waals surface area (Å²) in [6.07, 6.45) is -3.12. The second kappa shape index (κ2) is 4.99. The standard InChI is InChI=1S/C11H12F3N5O/c1-6-3-4-15-19(6)5-8(20)16-9-7(2)17-18-10(9)11(12,13)14/h3-4H,5H2,1-2H3,(H,16,20)(H,17,18). The van der Waals surface area contributed by atoms with Crippen molar-refractivity contribution in [2.45, 2.75) is 26.6 Å². The molecular weight excluding hydrogens is 275 g/mol. The molecule has 0 aliphatic rings. The zero-order valence-corrected chi connectivity index (χ0v) is 10.7. The number of anilines is 1.